The van der Waals surface area contributed by atoms with Crippen LogP contribution in [0.5, 0.6) is 17.2 Å². The highest BCUT2D eigenvalue weighted by atomic mass is 35.5. The van der Waals surface area contributed by atoms with Crippen LogP contribution in [0.1, 0.15) is 12.5 Å². The summed E-state index contributed by atoms with van der Waals surface area (Å²) in [5, 5.41) is 11.7. The molecule has 168 valence electrons. The number of aliphatic imine (C=N–C) groups is 1. The van der Waals surface area contributed by atoms with Crippen molar-refractivity contribution in [3.05, 3.63) is 63.2 Å². The number of benzene rings is 2. The number of thioether (sulfide) groups is 1. The maximum atomic E-state index is 12.6. The highest BCUT2D eigenvalue weighted by Crippen LogP contribution is 2.43. The van der Waals surface area contributed by atoms with E-state index in [0.29, 0.717) is 43.5 Å². The minimum absolute atomic E-state index is 0.00415. The van der Waals surface area contributed by atoms with E-state index in [1.807, 2.05) is 0 Å². The van der Waals surface area contributed by atoms with Crippen LogP contribution in [0.15, 0.2) is 57.6 Å². The second-order valence-electron chi connectivity index (χ2n) is 6.41. The van der Waals surface area contributed by atoms with Gasteiger partial charge in [0.1, 0.15) is 16.4 Å². The van der Waals surface area contributed by atoms with Gasteiger partial charge in [-0.1, -0.05) is 29.4 Å². The van der Waals surface area contributed by atoms with Crippen LogP contribution < -0.4 is 14.2 Å². The molecule has 0 aromatic heterocycles. The number of aliphatic hydroxyl groups is 1. The molecule has 0 fully saturated rings. The lowest BCUT2D eigenvalue weighted by atomic mass is 10.1. The molecule has 9 heteroatoms. The third-order valence-electron chi connectivity index (χ3n) is 4.39. The fraction of sp³-hybridized carbons (Fsp3) is 0.217. The lowest BCUT2D eigenvalue weighted by molar-refractivity contribution is -0.138. The molecule has 1 N–H and O–H groups in total. The molecule has 3 rings (SSSR count). The summed E-state index contributed by atoms with van der Waals surface area (Å²) in [5.41, 5.74) is 1.21. The lowest BCUT2D eigenvalue weighted by Gasteiger charge is -2.13. The summed E-state index contributed by atoms with van der Waals surface area (Å²) in [6, 6.07) is 10.4. The summed E-state index contributed by atoms with van der Waals surface area (Å²) in [5.74, 6) is 0.494. The monoisotopic (exact) mass is 475 g/mol. The maximum Gasteiger partial charge on any atom is 0.344 e. The van der Waals surface area contributed by atoms with Gasteiger partial charge < -0.3 is 24.1 Å². The molecule has 2 aromatic rings. The van der Waals surface area contributed by atoms with Crippen molar-refractivity contribution in [2.24, 2.45) is 4.99 Å². The fourth-order valence-corrected chi connectivity index (χ4v) is 4.21. The molecule has 32 heavy (non-hydrogen) atoms. The Hall–Kier alpha value is -3.10. The average molecular weight is 476 g/mol. The highest BCUT2D eigenvalue weighted by Gasteiger charge is 2.33. The summed E-state index contributed by atoms with van der Waals surface area (Å²) in [6.07, 6.45) is 1.70. The summed E-state index contributed by atoms with van der Waals surface area (Å²) in [7, 11) is 4.55. The topological polar surface area (TPSA) is 86.6 Å². The molecular formula is C23H22ClNO6S. The summed E-state index contributed by atoms with van der Waals surface area (Å²) in [4.78, 5) is 17.5. The molecule has 0 aliphatic carbocycles. The van der Waals surface area contributed by atoms with Crippen molar-refractivity contribution >= 4 is 46.1 Å². The number of ether oxygens (including phenoxy) is 4. The van der Waals surface area contributed by atoms with E-state index in [-0.39, 0.29) is 17.9 Å². The van der Waals surface area contributed by atoms with Crippen LogP contribution in [0.2, 0.25) is 5.02 Å². The molecule has 0 atom stereocenters. The van der Waals surface area contributed by atoms with Crippen molar-refractivity contribution in [3.8, 4) is 17.2 Å². The number of esters is 1. The molecule has 0 bridgehead atoms. The third-order valence-corrected chi connectivity index (χ3v) is 5.65. The van der Waals surface area contributed by atoms with Gasteiger partial charge in [0.25, 0.3) is 0 Å². The van der Waals surface area contributed by atoms with E-state index in [1.54, 1.807) is 49.4 Å². The average Bonchev–Trinajstić information content (AvgIpc) is 3.07. The molecule has 1 aliphatic rings. The molecule has 0 saturated heterocycles. The first-order valence-electron chi connectivity index (χ1n) is 9.56. The largest absolute Gasteiger partial charge is 0.506 e. The van der Waals surface area contributed by atoms with Crippen molar-refractivity contribution in [3.63, 3.8) is 0 Å². The Morgan fingerprint density at radius 3 is 2.38 bits per heavy atom. The van der Waals surface area contributed by atoms with E-state index < -0.39 is 5.97 Å². The molecule has 1 heterocycles. The first-order valence-corrected chi connectivity index (χ1v) is 10.8. The van der Waals surface area contributed by atoms with E-state index in [4.69, 9.17) is 30.5 Å². The standard InChI is InChI=1S/C23H22ClNO6S/c1-5-31-23(27)19-20(26)18(32-22(19)25-15-8-6-7-14(24)12-15)11-13-9-16(28-2)21(30-4)17(10-13)29-3/h6-12,26H,5H2,1-4H3/b18-11-,25-22?. The van der Waals surface area contributed by atoms with Gasteiger partial charge in [-0.15, -0.1) is 0 Å². The van der Waals surface area contributed by atoms with Crippen LogP contribution in [0, 0.1) is 0 Å². The molecule has 0 spiro atoms. The molecule has 1 aliphatic heterocycles. The van der Waals surface area contributed by atoms with Gasteiger partial charge in [0.05, 0.1) is 38.5 Å². The molecule has 0 saturated carbocycles. The Bertz CT molecular complexity index is 1100. The van der Waals surface area contributed by atoms with Crippen molar-refractivity contribution in [2.75, 3.05) is 27.9 Å². The van der Waals surface area contributed by atoms with Gasteiger partial charge in [-0.2, -0.15) is 0 Å². The minimum atomic E-state index is -0.661. The Labute approximate surface area is 195 Å². The van der Waals surface area contributed by atoms with Crippen molar-refractivity contribution in [2.45, 2.75) is 6.92 Å². The van der Waals surface area contributed by atoms with E-state index >= 15 is 0 Å². The number of carbonyl (C=O) groups excluding carboxylic acids is 1. The molecule has 0 amide bonds. The van der Waals surface area contributed by atoms with Gasteiger partial charge in [0.2, 0.25) is 5.75 Å². The zero-order valence-corrected chi connectivity index (χ0v) is 19.5. The van der Waals surface area contributed by atoms with Gasteiger partial charge >= 0.3 is 5.97 Å². The molecule has 2 aromatic carbocycles. The summed E-state index contributed by atoms with van der Waals surface area (Å²) < 4.78 is 21.3. The summed E-state index contributed by atoms with van der Waals surface area (Å²) in [6.45, 7) is 1.86. The van der Waals surface area contributed by atoms with E-state index in [0.717, 1.165) is 11.8 Å². The Balaban J connectivity index is 2.09. The number of methoxy groups -OCH3 is 3. The number of carbonyl (C=O) groups is 1. The molecular weight excluding hydrogens is 454 g/mol. The van der Waals surface area contributed by atoms with Crippen molar-refractivity contribution < 1.29 is 28.8 Å². The predicted octanol–water partition coefficient (Wildman–Crippen LogP) is 5.56. The Morgan fingerprint density at radius 1 is 1.12 bits per heavy atom. The maximum absolute atomic E-state index is 12.6. The SMILES string of the molecule is CCOC(=O)C1=C(O)/C(=C/c2cc(OC)c(OC)c(OC)c2)SC1=Nc1cccc(Cl)c1. The minimum Gasteiger partial charge on any atom is -0.506 e. The van der Waals surface area contributed by atoms with Crippen LogP contribution in [-0.4, -0.2) is 44.1 Å². The third kappa shape index (κ3) is 5.03. The first kappa shape index (κ1) is 23.6. The van der Waals surface area contributed by atoms with E-state index in [1.165, 1.54) is 21.3 Å². The zero-order valence-electron chi connectivity index (χ0n) is 18.0. The van der Waals surface area contributed by atoms with Gasteiger partial charge in [-0.3, -0.25) is 0 Å². The molecule has 0 radical (unpaired) electrons. The van der Waals surface area contributed by atoms with Gasteiger partial charge in [0.15, 0.2) is 11.5 Å². The summed E-state index contributed by atoms with van der Waals surface area (Å²) >= 11 is 7.19. The fourth-order valence-electron chi connectivity index (χ4n) is 2.99. The number of hydrogen-bond acceptors (Lipinski definition) is 8. The second-order valence-corrected chi connectivity index (χ2v) is 7.88. The zero-order chi connectivity index (χ0) is 23.3. The normalized spacial score (nSPS) is 15.9. The van der Waals surface area contributed by atoms with E-state index in [2.05, 4.69) is 4.99 Å². The van der Waals surface area contributed by atoms with Crippen LogP contribution >= 0.6 is 23.4 Å². The van der Waals surface area contributed by atoms with Crippen molar-refractivity contribution in [1.29, 1.82) is 0 Å². The first-order chi connectivity index (χ1) is 15.4. The molecule has 0 unspecified atom stereocenters. The number of aliphatic hydroxyl groups excluding tert-OH is 1. The van der Waals surface area contributed by atoms with Gasteiger partial charge in [-0.05, 0) is 48.9 Å². The van der Waals surface area contributed by atoms with Gasteiger partial charge in [-0.25, -0.2) is 9.79 Å². The quantitative estimate of drug-likeness (QED) is 0.524. The Kier molecular flexibility index (Phi) is 7.71. The number of halogens is 1. The van der Waals surface area contributed by atoms with E-state index in [9.17, 15) is 9.90 Å². The number of hydrogen-bond donors (Lipinski definition) is 1. The second kappa shape index (κ2) is 10.5. The Morgan fingerprint density at radius 2 is 1.81 bits per heavy atom. The number of nitrogens with zero attached hydrogens (tertiary/aromatic N) is 1. The highest BCUT2D eigenvalue weighted by molar-refractivity contribution is 8.18. The lowest BCUT2D eigenvalue weighted by Crippen LogP contribution is -2.12. The van der Waals surface area contributed by atoms with Gasteiger partial charge in [0, 0.05) is 5.02 Å². The predicted molar refractivity (Wildman–Crippen MR) is 127 cm³/mol. The van der Waals surface area contributed by atoms with Crippen LogP contribution in [0.3, 0.4) is 0 Å². The van der Waals surface area contributed by atoms with Crippen LogP contribution in [-0.2, 0) is 9.53 Å². The van der Waals surface area contributed by atoms with Crippen LogP contribution in [0.4, 0.5) is 5.69 Å². The number of rotatable bonds is 7. The molecule has 7 nitrogen and oxygen atoms in total. The van der Waals surface area contributed by atoms with Crippen LogP contribution in [0.25, 0.3) is 6.08 Å². The smallest absolute Gasteiger partial charge is 0.344 e. The van der Waals surface area contributed by atoms with Crippen molar-refractivity contribution in [1.82, 2.24) is 0 Å².